The summed E-state index contributed by atoms with van der Waals surface area (Å²) in [5.41, 5.74) is 0.804. The van der Waals surface area contributed by atoms with Crippen molar-refractivity contribution in [3.63, 3.8) is 0 Å². The Morgan fingerprint density at radius 1 is 1.41 bits per heavy atom. The summed E-state index contributed by atoms with van der Waals surface area (Å²) in [6, 6.07) is 4.81. The highest BCUT2D eigenvalue weighted by molar-refractivity contribution is 7.91. The van der Waals surface area contributed by atoms with E-state index < -0.39 is 10.0 Å². The predicted octanol–water partition coefficient (Wildman–Crippen LogP) is 2.82. The second-order valence-electron chi connectivity index (χ2n) is 3.45. The topological polar surface area (TPSA) is 50.5 Å². The lowest BCUT2D eigenvalue weighted by molar-refractivity contribution is 0.465. The Bertz CT molecular complexity index is 589. The highest BCUT2D eigenvalue weighted by Crippen LogP contribution is 2.28. The van der Waals surface area contributed by atoms with E-state index in [0.29, 0.717) is 4.34 Å². The Kier molecular flexibility index (Phi) is 3.58. The lowest BCUT2D eigenvalue weighted by atomic mass is 10.3. The van der Waals surface area contributed by atoms with Gasteiger partial charge in [-0.25, -0.2) is 8.42 Å². The van der Waals surface area contributed by atoms with Crippen LogP contribution in [-0.2, 0) is 16.6 Å². The molecule has 0 aliphatic rings. The second kappa shape index (κ2) is 4.81. The van der Waals surface area contributed by atoms with E-state index in [4.69, 9.17) is 16.0 Å². The number of sulfonamides is 1. The average Bonchev–Trinajstić information content (AvgIpc) is 2.89. The molecule has 92 valence electrons. The van der Waals surface area contributed by atoms with Gasteiger partial charge in [0.2, 0.25) is 0 Å². The van der Waals surface area contributed by atoms with Crippen LogP contribution in [0.15, 0.2) is 39.4 Å². The second-order valence-corrected chi connectivity index (χ2v) is 7.44. The lowest BCUT2D eigenvalue weighted by Crippen LogP contribution is -2.25. The first kappa shape index (κ1) is 12.6. The highest BCUT2D eigenvalue weighted by Gasteiger charge is 2.22. The fraction of sp³-hybridized carbons (Fsp3) is 0.200. The van der Waals surface area contributed by atoms with Gasteiger partial charge in [-0.3, -0.25) is 0 Å². The summed E-state index contributed by atoms with van der Waals surface area (Å²) in [5.74, 6) is 0. The van der Waals surface area contributed by atoms with E-state index in [-0.39, 0.29) is 10.8 Å². The zero-order chi connectivity index (χ0) is 12.5. The van der Waals surface area contributed by atoms with Crippen molar-refractivity contribution in [2.45, 2.75) is 10.8 Å². The van der Waals surface area contributed by atoms with Gasteiger partial charge >= 0.3 is 0 Å². The summed E-state index contributed by atoms with van der Waals surface area (Å²) < 4.78 is 31.1. The summed E-state index contributed by atoms with van der Waals surface area (Å²) in [6.45, 7) is 0.272. The molecule has 0 bridgehead atoms. The van der Waals surface area contributed by atoms with Crippen molar-refractivity contribution in [2.24, 2.45) is 0 Å². The van der Waals surface area contributed by atoms with Gasteiger partial charge in [-0.1, -0.05) is 11.6 Å². The van der Waals surface area contributed by atoms with Crippen LogP contribution in [0.2, 0.25) is 4.34 Å². The molecular formula is C10H10ClNO3S2. The third-order valence-corrected chi connectivity index (χ3v) is 5.70. The number of hydrogen-bond acceptors (Lipinski definition) is 4. The van der Waals surface area contributed by atoms with Gasteiger partial charge in [-0.05, 0) is 18.2 Å². The van der Waals surface area contributed by atoms with E-state index in [9.17, 15) is 8.42 Å². The summed E-state index contributed by atoms with van der Waals surface area (Å²) >= 11 is 6.78. The Labute approximate surface area is 108 Å². The molecule has 0 saturated heterocycles. The van der Waals surface area contributed by atoms with Crippen LogP contribution in [0, 0.1) is 0 Å². The van der Waals surface area contributed by atoms with Crippen LogP contribution in [0.4, 0.5) is 0 Å². The van der Waals surface area contributed by atoms with Gasteiger partial charge in [0.15, 0.2) is 0 Å². The van der Waals surface area contributed by atoms with E-state index in [1.54, 1.807) is 12.1 Å². The molecule has 2 rings (SSSR count). The maximum absolute atomic E-state index is 12.1. The summed E-state index contributed by atoms with van der Waals surface area (Å²) in [7, 11) is -1.94. The quantitative estimate of drug-likeness (QED) is 0.870. The van der Waals surface area contributed by atoms with Gasteiger partial charge in [0.1, 0.15) is 4.21 Å². The normalized spacial score (nSPS) is 12.2. The van der Waals surface area contributed by atoms with E-state index in [1.165, 1.54) is 29.9 Å². The van der Waals surface area contributed by atoms with Gasteiger partial charge in [-0.15, -0.1) is 11.3 Å². The molecule has 0 fully saturated rings. The average molecular weight is 292 g/mol. The Morgan fingerprint density at radius 2 is 2.18 bits per heavy atom. The van der Waals surface area contributed by atoms with Gasteiger partial charge < -0.3 is 4.42 Å². The molecule has 7 heteroatoms. The van der Waals surface area contributed by atoms with Crippen LogP contribution in [0.25, 0.3) is 0 Å². The van der Waals surface area contributed by atoms with Crippen LogP contribution in [0.1, 0.15) is 5.56 Å². The molecule has 0 unspecified atom stereocenters. The number of hydrogen-bond donors (Lipinski definition) is 0. The van der Waals surface area contributed by atoms with E-state index in [1.807, 2.05) is 0 Å². The van der Waals surface area contributed by atoms with Gasteiger partial charge in [-0.2, -0.15) is 4.31 Å². The van der Waals surface area contributed by atoms with Crippen molar-refractivity contribution in [3.05, 3.63) is 40.6 Å². The minimum Gasteiger partial charge on any atom is -0.472 e. The van der Waals surface area contributed by atoms with Crippen LogP contribution < -0.4 is 0 Å². The summed E-state index contributed by atoms with van der Waals surface area (Å²) in [4.78, 5) is 0. The monoisotopic (exact) mass is 291 g/mol. The Hall–Kier alpha value is -0.820. The number of nitrogens with zero attached hydrogens (tertiary/aromatic N) is 1. The van der Waals surface area contributed by atoms with E-state index in [2.05, 4.69) is 0 Å². The molecule has 0 amide bonds. The molecule has 0 atom stereocenters. The Morgan fingerprint density at radius 3 is 2.71 bits per heavy atom. The van der Waals surface area contributed by atoms with Crippen molar-refractivity contribution < 1.29 is 12.8 Å². The molecule has 2 aromatic heterocycles. The van der Waals surface area contributed by atoms with Crippen molar-refractivity contribution in [3.8, 4) is 0 Å². The summed E-state index contributed by atoms with van der Waals surface area (Å²) in [5, 5.41) is 0. The third-order valence-electron chi connectivity index (χ3n) is 2.20. The molecule has 17 heavy (non-hydrogen) atoms. The number of furan rings is 1. The molecule has 0 radical (unpaired) electrons. The standard InChI is InChI=1S/C10H10ClNO3S2/c1-12(6-8-4-5-15-7-8)17(13,14)10-3-2-9(11)16-10/h2-5,7H,6H2,1H3. The molecule has 0 aromatic carbocycles. The number of rotatable bonds is 4. The molecule has 0 saturated carbocycles. The zero-order valence-corrected chi connectivity index (χ0v) is 11.3. The highest BCUT2D eigenvalue weighted by atomic mass is 35.5. The van der Waals surface area contributed by atoms with Crippen molar-refractivity contribution in [2.75, 3.05) is 7.05 Å². The van der Waals surface area contributed by atoms with Crippen LogP contribution >= 0.6 is 22.9 Å². The smallest absolute Gasteiger partial charge is 0.252 e. The lowest BCUT2D eigenvalue weighted by Gasteiger charge is -2.14. The SMILES string of the molecule is CN(Cc1ccoc1)S(=O)(=O)c1ccc(Cl)s1. The first-order valence-corrected chi connectivity index (χ1v) is 7.36. The number of thiophene rings is 1. The molecule has 0 spiro atoms. The van der Waals surface area contributed by atoms with E-state index in [0.717, 1.165) is 16.9 Å². The molecule has 2 aromatic rings. The maximum atomic E-state index is 12.1. The molecule has 0 aliphatic heterocycles. The molecule has 2 heterocycles. The van der Waals surface area contributed by atoms with Gasteiger partial charge in [0.25, 0.3) is 10.0 Å². The molecule has 0 aliphatic carbocycles. The maximum Gasteiger partial charge on any atom is 0.252 e. The zero-order valence-electron chi connectivity index (χ0n) is 8.96. The van der Waals surface area contributed by atoms with Crippen molar-refractivity contribution >= 4 is 33.0 Å². The van der Waals surface area contributed by atoms with Crippen molar-refractivity contribution in [1.82, 2.24) is 4.31 Å². The van der Waals surface area contributed by atoms with Gasteiger partial charge in [0, 0.05) is 19.2 Å². The van der Waals surface area contributed by atoms with Crippen LogP contribution in [0.3, 0.4) is 0 Å². The fourth-order valence-corrected chi connectivity index (χ4v) is 4.17. The minimum absolute atomic E-state index is 0.244. The van der Waals surface area contributed by atoms with Crippen LogP contribution in [0.5, 0.6) is 0 Å². The third kappa shape index (κ3) is 2.71. The van der Waals surface area contributed by atoms with Crippen LogP contribution in [-0.4, -0.2) is 19.8 Å². The summed E-state index contributed by atoms with van der Waals surface area (Å²) in [6.07, 6.45) is 3.03. The largest absolute Gasteiger partial charge is 0.472 e. The molecule has 4 nitrogen and oxygen atoms in total. The first-order chi connectivity index (χ1) is 8.00. The predicted molar refractivity (Wildman–Crippen MR) is 66.7 cm³/mol. The minimum atomic E-state index is -3.47. The first-order valence-electron chi connectivity index (χ1n) is 4.73. The van der Waals surface area contributed by atoms with Crippen molar-refractivity contribution in [1.29, 1.82) is 0 Å². The fourth-order valence-electron chi connectivity index (χ4n) is 1.31. The van der Waals surface area contributed by atoms with E-state index >= 15 is 0 Å². The Balaban J connectivity index is 2.21. The van der Waals surface area contributed by atoms with Gasteiger partial charge in [0.05, 0.1) is 16.9 Å². The molecular weight excluding hydrogens is 282 g/mol. The molecule has 0 N–H and O–H groups in total. The number of halogens is 1.